The predicted octanol–water partition coefficient (Wildman–Crippen LogP) is 4.45. The highest BCUT2D eigenvalue weighted by molar-refractivity contribution is 7.13. The van der Waals surface area contributed by atoms with Crippen LogP contribution < -0.4 is 10.6 Å². The Hall–Kier alpha value is -2.35. The standard InChI is InChI=1S/C21H31N3O4S/c1-7-21(8-2,13-22-19(26)28-20(4,5)6)24-17(25)12-15-14(3)27-18(23-15)16-10-9-11-29-16/h9-11H,7-8,12-13H2,1-6H3,(H,22,26)(H,24,25). The second-order valence-electron chi connectivity index (χ2n) is 8.07. The van der Waals surface area contributed by atoms with Crippen LogP contribution in [0.3, 0.4) is 0 Å². The van der Waals surface area contributed by atoms with Gasteiger partial charge in [0.15, 0.2) is 0 Å². The maximum absolute atomic E-state index is 12.7. The van der Waals surface area contributed by atoms with Crippen LogP contribution in [0, 0.1) is 6.92 Å². The third-order valence-electron chi connectivity index (χ3n) is 4.68. The van der Waals surface area contributed by atoms with Gasteiger partial charge in [-0.25, -0.2) is 9.78 Å². The lowest BCUT2D eigenvalue weighted by molar-refractivity contribution is -0.122. The van der Waals surface area contributed by atoms with Crippen LogP contribution in [-0.2, 0) is 16.0 Å². The van der Waals surface area contributed by atoms with Crippen LogP contribution in [0.4, 0.5) is 4.79 Å². The van der Waals surface area contributed by atoms with Crippen molar-refractivity contribution in [1.82, 2.24) is 15.6 Å². The molecule has 0 aliphatic heterocycles. The zero-order chi connectivity index (χ0) is 21.7. The predicted molar refractivity (Wildman–Crippen MR) is 114 cm³/mol. The van der Waals surface area contributed by atoms with E-state index in [1.54, 1.807) is 0 Å². The minimum absolute atomic E-state index is 0.120. The molecule has 0 aliphatic carbocycles. The summed E-state index contributed by atoms with van der Waals surface area (Å²) >= 11 is 1.54. The molecule has 0 atom stereocenters. The van der Waals surface area contributed by atoms with Crippen LogP contribution in [0.5, 0.6) is 0 Å². The molecule has 2 heterocycles. The van der Waals surface area contributed by atoms with Crippen molar-refractivity contribution in [2.45, 2.75) is 71.9 Å². The summed E-state index contributed by atoms with van der Waals surface area (Å²) in [6.45, 7) is 11.5. The molecule has 0 aliphatic rings. The number of alkyl carbamates (subject to hydrolysis) is 1. The monoisotopic (exact) mass is 421 g/mol. The molecular formula is C21H31N3O4S. The number of aryl methyl sites for hydroxylation is 1. The summed E-state index contributed by atoms with van der Waals surface area (Å²) < 4.78 is 11.0. The van der Waals surface area contributed by atoms with Gasteiger partial charge in [0.1, 0.15) is 11.4 Å². The van der Waals surface area contributed by atoms with Gasteiger partial charge >= 0.3 is 6.09 Å². The van der Waals surface area contributed by atoms with Gasteiger partial charge in [-0.05, 0) is 52.0 Å². The Morgan fingerprint density at radius 2 is 1.93 bits per heavy atom. The van der Waals surface area contributed by atoms with Crippen molar-refractivity contribution in [2.75, 3.05) is 6.54 Å². The van der Waals surface area contributed by atoms with Crippen LogP contribution in [0.25, 0.3) is 10.8 Å². The average Bonchev–Trinajstić information content (AvgIpc) is 3.28. The number of nitrogens with zero attached hydrogens (tertiary/aromatic N) is 1. The van der Waals surface area contributed by atoms with Crippen molar-refractivity contribution in [3.63, 3.8) is 0 Å². The summed E-state index contributed by atoms with van der Waals surface area (Å²) in [4.78, 5) is 30.1. The minimum Gasteiger partial charge on any atom is -0.444 e. The van der Waals surface area contributed by atoms with E-state index in [1.165, 1.54) is 11.3 Å². The van der Waals surface area contributed by atoms with Gasteiger partial charge in [-0.3, -0.25) is 4.79 Å². The van der Waals surface area contributed by atoms with Crippen molar-refractivity contribution >= 4 is 23.3 Å². The first-order valence-corrected chi connectivity index (χ1v) is 10.7. The highest BCUT2D eigenvalue weighted by atomic mass is 32.1. The molecule has 29 heavy (non-hydrogen) atoms. The molecule has 7 nitrogen and oxygen atoms in total. The fraction of sp³-hybridized carbons (Fsp3) is 0.571. The number of carbonyl (C=O) groups is 2. The molecule has 160 valence electrons. The molecule has 2 aromatic heterocycles. The first-order chi connectivity index (χ1) is 13.6. The molecule has 0 saturated heterocycles. The van der Waals surface area contributed by atoms with Crippen LogP contribution in [0.1, 0.15) is 58.9 Å². The lowest BCUT2D eigenvalue weighted by atomic mass is 9.92. The zero-order valence-corrected chi connectivity index (χ0v) is 18.9. The molecule has 0 aromatic carbocycles. The van der Waals surface area contributed by atoms with Gasteiger partial charge in [0.25, 0.3) is 0 Å². The SMILES string of the molecule is CCC(CC)(CNC(=O)OC(C)(C)C)NC(=O)Cc1nc(-c2cccs2)oc1C. The lowest BCUT2D eigenvalue weighted by Gasteiger charge is -2.33. The molecular weight excluding hydrogens is 390 g/mol. The minimum atomic E-state index is -0.570. The van der Waals surface area contributed by atoms with Gasteiger partial charge in [0.2, 0.25) is 11.8 Å². The van der Waals surface area contributed by atoms with Crippen molar-refractivity contribution in [1.29, 1.82) is 0 Å². The van der Waals surface area contributed by atoms with E-state index < -0.39 is 17.2 Å². The Balaban J connectivity index is 2.01. The number of carbonyl (C=O) groups excluding carboxylic acids is 2. The van der Waals surface area contributed by atoms with Gasteiger partial charge < -0.3 is 19.8 Å². The van der Waals surface area contributed by atoms with Gasteiger partial charge in [0, 0.05) is 6.54 Å². The van der Waals surface area contributed by atoms with E-state index in [9.17, 15) is 9.59 Å². The molecule has 2 aromatic rings. The third kappa shape index (κ3) is 6.59. The Labute approximate surface area is 176 Å². The second kappa shape index (κ2) is 9.43. The summed E-state index contributed by atoms with van der Waals surface area (Å²) in [5.74, 6) is 1.01. The smallest absolute Gasteiger partial charge is 0.407 e. The Kier molecular flexibility index (Phi) is 7.46. The molecule has 0 spiro atoms. The number of nitrogens with one attached hydrogen (secondary N) is 2. The van der Waals surface area contributed by atoms with E-state index >= 15 is 0 Å². The first-order valence-electron chi connectivity index (χ1n) is 9.85. The van der Waals surface area contributed by atoms with Gasteiger partial charge in [-0.2, -0.15) is 0 Å². The number of aromatic nitrogens is 1. The number of rotatable bonds is 8. The maximum atomic E-state index is 12.7. The Morgan fingerprint density at radius 1 is 1.24 bits per heavy atom. The van der Waals surface area contributed by atoms with Crippen LogP contribution in [0.2, 0.25) is 0 Å². The molecule has 2 rings (SSSR count). The van der Waals surface area contributed by atoms with Crippen LogP contribution in [-0.4, -0.2) is 34.7 Å². The summed E-state index contributed by atoms with van der Waals surface area (Å²) in [5.41, 5.74) is -0.506. The highest BCUT2D eigenvalue weighted by Gasteiger charge is 2.30. The Bertz CT molecular complexity index is 818. The molecule has 0 unspecified atom stereocenters. The number of hydrogen-bond acceptors (Lipinski definition) is 6. The zero-order valence-electron chi connectivity index (χ0n) is 18.0. The second-order valence-corrected chi connectivity index (χ2v) is 9.01. The van der Waals surface area contributed by atoms with Crippen LogP contribution >= 0.6 is 11.3 Å². The third-order valence-corrected chi connectivity index (χ3v) is 5.54. The van der Waals surface area contributed by atoms with Crippen molar-refractivity contribution in [3.05, 3.63) is 29.0 Å². The molecule has 2 N–H and O–H groups in total. The van der Waals surface area contributed by atoms with E-state index in [0.29, 0.717) is 36.7 Å². The largest absolute Gasteiger partial charge is 0.444 e. The number of amides is 2. The summed E-state index contributed by atoms with van der Waals surface area (Å²) in [6, 6.07) is 3.86. The summed E-state index contributed by atoms with van der Waals surface area (Å²) in [7, 11) is 0. The molecule has 2 amide bonds. The number of thiophene rings is 1. The first kappa shape index (κ1) is 22.9. The van der Waals surface area contributed by atoms with Crippen molar-refractivity contribution in [2.24, 2.45) is 0 Å². The molecule has 0 radical (unpaired) electrons. The molecule has 0 fully saturated rings. The Morgan fingerprint density at radius 3 is 2.48 bits per heavy atom. The quantitative estimate of drug-likeness (QED) is 0.657. The summed E-state index contributed by atoms with van der Waals surface area (Å²) in [5, 5.41) is 7.81. The van der Waals surface area contributed by atoms with Crippen LogP contribution in [0.15, 0.2) is 21.9 Å². The van der Waals surface area contributed by atoms with E-state index in [4.69, 9.17) is 9.15 Å². The van der Waals surface area contributed by atoms with Gasteiger partial charge in [-0.1, -0.05) is 19.9 Å². The lowest BCUT2D eigenvalue weighted by Crippen LogP contribution is -2.55. The fourth-order valence-corrected chi connectivity index (χ4v) is 3.52. The number of oxazole rings is 1. The number of ether oxygens (including phenoxy) is 1. The average molecular weight is 422 g/mol. The van der Waals surface area contributed by atoms with E-state index in [2.05, 4.69) is 15.6 Å². The van der Waals surface area contributed by atoms with Crippen molar-refractivity contribution < 1.29 is 18.7 Å². The maximum Gasteiger partial charge on any atom is 0.407 e. The normalized spacial score (nSPS) is 11.9. The molecule has 0 saturated carbocycles. The number of hydrogen-bond donors (Lipinski definition) is 2. The van der Waals surface area contributed by atoms with E-state index in [-0.39, 0.29) is 12.3 Å². The van der Waals surface area contributed by atoms with E-state index in [1.807, 2.05) is 59.1 Å². The summed E-state index contributed by atoms with van der Waals surface area (Å²) in [6.07, 6.45) is 0.965. The van der Waals surface area contributed by atoms with E-state index in [0.717, 1.165) is 4.88 Å². The topological polar surface area (TPSA) is 93.5 Å². The van der Waals surface area contributed by atoms with Gasteiger partial charge in [-0.15, -0.1) is 11.3 Å². The molecule has 0 bridgehead atoms. The highest BCUT2D eigenvalue weighted by Crippen LogP contribution is 2.26. The van der Waals surface area contributed by atoms with Gasteiger partial charge in [0.05, 0.1) is 22.5 Å². The van der Waals surface area contributed by atoms with Crippen molar-refractivity contribution in [3.8, 4) is 10.8 Å². The molecule has 8 heteroatoms. The fourth-order valence-electron chi connectivity index (χ4n) is 2.87.